The van der Waals surface area contributed by atoms with E-state index in [1.165, 1.54) is 6.20 Å². The standard InChI is InChI=1S/C12H22N4O2S2/c13-4-1-5-16-10-12(9-14-16)20(17,18)15-8-11-2-6-19-7-3-11/h9-11,15H,1-8,13H2. The molecule has 20 heavy (non-hydrogen) atoms. The summed E-state index contributed by atoms with van der Waals surface area (Å²) in [5, 5.41) is 4.05. The second-order valence-corrected chi connectivity index (χ2v) is 7.98. The van der Waals surface area contributed by atoms with Gasteiger partial charge in [-0.2, -0.15) is 16.9 Å². The van der Waals surface area contributed by atoms with Crippen LogP contribution in [0.15, 0.2) is 17.3 Å². The molecule has 114 valence electrons. The lowest BCUT2D eigenvalue weighted by Gasteiger charge is -2.21. The molecule has 0 radical (unpaired) electrons. The van der Waals surface area contributed by atoms with Crippen LogP contribution in [0.25, 0.3) is 0 Å². The van der Waals surface area contributed by atoms with Crippen LogP contribution in [0.3, 0.4) is 0 Å². The average Bonchev–Trinajstić information content (AvgIpc) is 2.94. The number of thioether (sulfide) groups is 1. The predicted octanol–water partition coefficient (Wildman–Crippen LogP) is 0.653. The van der Waals surface area contributed by atoms with Crippen molar-refractivity contribution in [1.29, 1.82) is 0 Å². The van der Waals surface area contributed by atoms with Crippen LogP contribution in [0.4, 0.5) is 0 Å². The van der Waals surface area contributed by atoms with Gasteiger partial charge in [0.2, 0.25) is 10.0 Å². The third kappa shape index (κ3) is 4.47. The summed E-state index contributed by atoms with van der Waals surface area (Å²) in [6.07, 6.45) is 5.92. The van der Waals surface area contributed by atoms with Crippen molar-refractivity contribution in [3.8, 4) is 0 Å². The number of sulfonamides is 1. The van der Waals surface area contributed by atoms with E-state index in [2.05, 4.69) is 9.82 Å². The Hall–Kier alpha value is -0.570. The third-order valence-corrected chi connectivity index (χ3v) is 5.84. The molecule has 1 aromatic heterocycles. The van der Waals surface area contributed by atoms with Gasteiger partial charge in [-0.3, -0.25) is 4.68 Å². The van der Waals surface area contributed by atoms with Crippen LogP contribution in [-0.2, 0) is 16.6 Å². The molecular formula is C12H22N4O2S2. The van der Waals surface area contributed by atoms with Crippen LogP contribution in [-0.4, -0.2) is 42.8 Å². The van der Waals surface area contributed by atoms with E-state index in [-0.39, 0.29) is 4.90 Å². The normalized spacial score (nSPS) is 17.4. The maximum absolute atomic E-state index is 12.2. The van der Waals surface area contributed by atoms with Crippen LogP contribution >= 0.6 is 11.8 Å². The highest BCUT2D eigenvalue weighted by Crippen LogP contribution is 2.22. The molecular weight excluding hydrogens is 296 g/mol. The molecule has 0 unspecified atom stereocenters. The Bertz CT molecular complexity index is 509. The number of hydrogen-bond donors (Lipinski definition) is 2. The van der Waals surface area contributed by atoms with Crippen LogP contribution in [0.2, 0.25) is 0 Å². The van der Waals surface area contributed by atoms with Crippen molar-refractivity contribution in [3.05, 3.63) is 12.4 Å². The molecule has 3 N–H and O–H groups in total. The number of nitrogens with zero attached hydrogens (tertiary/aromatic N) is 2. The average molecular weight is 318 g/mol. The number of aryl methyl sites for hydroxylation is 1. The first-order chi connectivity index (χ1) is 9.62. The second kappa shape index (κ2) is 7.44. The second-order valence-electron chi connectivity index (χ2n) is 4.99. The fourth-order valence-electron chi connectivity index (χ4n) is 2.12. The topological polar surface area (TPSA) is 90.0 Å². The van der Waals surface area contributed by atoms with Crippen LogP contribution in [0.1, 0.15) is 19.3 Å². The van der Waals surface area contributed by atoms with Gasteiger partial charge >= 0.3 is 0 Å². The van der Waals surface area contributed by atoms with E-state index in [4.69, 9.17) is 5.73 Å². The quantitative estimate of drug-likeness (QED) is 0.770. The van der Waals surface area contributed by atoms with Crippen molar-refractivity contribution in [2.75, 3.05) is 24.6 Å². The maximum atomic E-state index is 12.2. The highest BCUT2D eigenvalue weighted by molar-refractivity contribution is 7.99. The number of hydrogen-bond acceptors (Lipinski definition) is 5. The molecule has 2 heterocycles. The Labute approximate surface area is 124 Å². The highest BCUT2D eigenvalue weighted by atomic mass is 32.2. The molecule has 0 aromatic carbocycles. The lowest BCUT2D eigenvalue weighted by atomic mass is 10.0. The molecule has 0 atom stereocenters. The number of rotatable bonds is 7. The molecule has 0 aliphatic carbocycles. The Kier molecular flexibility index (Phi) is 5.88. The summed E-state index contributed by atoms with van der Waals surface area (Å²) in [7, 11) is -3.44. The van der Waals surface area contributed by atoms with Crippen LogP contribution in [0.5, 0.6) is 0 Å². The zero-order valence-corrected chi connectivity index (χ0v) is 13.1. The lowest BCUT2D eigenvalue weighted by Crippen LogP contribution is -2.30. The first-order valence-corrected chi connectivity index (χ1v) is 9.55. The monoisotopic (exact) mass is 318 g/mol. The number of nitrogens with one attached hydrogen (secondary N) is 1. The Morgan fingerprint density at radius 3 is 2.90 bits per heavy atom. The molecule has 1 fully saturated rings. The van der Waals surface area contributed by atoms with Gasteiger partial charge in [0.1, 0.15) is 4.90 Å². The molecule has 0 saturated carbocycles. The van der Waals surface area contributed by atoms with Gasteiger partial charge < -0.3 is 5.73 Å². The Morgan fingerprint density at radius 2 is 2.20 bits per heavy atom. The summed E-state index contributed by atoms with van der Waals surface area (Å²) in [6.45, 7) is 1.74. The SMILES string of the molecule is NCCCn1cc(S(=O)(=O)NCC2CCSCC2)cn1. The Morgan fingerprint density at radius 1 is 1.45 bits per heavy atom. The predicted molar refractivity (Wildman–Crippen MR) is 81.1 cm³/mol. The van der Waals surface area contributed by atoms with E-state index in [1.807, 2.05) is 11.8 Å². The number of aromatic nitrogens is 2. The summed E-state index contributed by atoms with van der Waals surface area (Å²) >= 11 is 1.94. The number of nitrogens with two attached hydrogens (primary N) is 1. The van der Waals surface area contributed by atoms with Gasteiger partial charge in [0, 0.05) is 19.3 Å². The van der Waals surface area contributed by atoms with Crippen LogP contribution < -0.4 is 10.5 Å². The highest BCUT2D eigenvalue weighted by Gasteiger charge is 2.20. The first-order valence-electron chi connectivity index (χ1n) is 6.92. The molecule has 2 rings (SSSR count). The van der Waals surface area contributed by atoms with Gasteiger partial charge in [-0.25, -0.2) is 13.1 Å². The summed E-state index contributed by atoms with van der Waals surface area (Å²) in [5.41, 5.74) is 5.43. The van der Waals surface area contributed by atoms with E-state index in [0.29, 0.717) is 25.6 Å². The summed E-state index contributed by atoms with van der Waals surface area (Å²) in [5.74, 6) is 2.71. The summed E-state index contributed by atoms with van der Waals surface area (Å²) < 4.78 is 28.7. The zero-order valence-electron chi connectivity index (χ0n) is 11.5. The van der Waals surface area contributed by atoms with E-state index in [9.17, 15) is 8.42 Å². The van der Waals surface area contributed by atoms with Crippen LogP contribution in [0, 0.1) is 5.92 Å². The van der Waals surface area contributed by atoms with E-state index in [1.54, 1.807) is 10.9 Å². The fraction of sp³-hybridized carbons (Fsp3) is 0.750. The minimum absolute atomic E-state index is 0.236. The van der Waals surface area contributed by atoms with E-state index >= 15 is 0 Å². The molecule has 0 amide bonds. The van der Waals surface area contributed by atoms with Gasteiger partial charge in [0.25, 0.3) is 0 Å². The lowest BCUT2D eigenvalue weighted by molar-refractivity contribution is 0.476. The van der Waals surface area contributed by atoms with Gasteiger partial charge in [0.05, 0.1) is 6.20 Å². The molecule has 0 bridgehead atoms. The largest absolute Gasteiger partial charge is 0.330 e. The smallest absolute Gasteiger partial charge is 0.243 e. The van der Waals surface area contributed by atoms with Crippen molar-refractivity contribution >= 4 is 21.8 Å². The molecule has 6 nitrogen and oxygen atoms in total. The summed E-state index contributed by atoms with van der Waals surface area (Å²) in [4.78, 5) is 0.236. The van der Waals surface area contributed by atoms with Gasteiger partial charge in [0.15, 0.2) is 0 Å². The minimum atomic E-state index is -3.44. The minimum Gasteiger partial charge on any atom is -0.330 e. The molecule has 1 aromatic rings. The van der Waals surface area contributed by atoms with Gasteiger partial charge in [-0.15, -0.1) is 0 Å². The molecule has 1 aliphatic heterocycles. The van der Waals surface area contributed by atoms with Crippen molar-refractivity contribution in [2.24, 2.45) is 11.7 Å². The van der Waals surface area contributed by atoms with E-state index in [0.717, 1.165) is 30.8 Å². The van der Waals surface area contributed by atoms with Gasteiger partial charge in [-0.1, -0.05) is 0 Å². The van der Waals surface area contributed by atoms with Crippen molar-refractivity contribution in [3.63, 3.8) is 0 Å². The van der Waals surface area contributed by atoms with Crippen molar-refractivity contribution < 1.29 is 8.42 Å². The summed E-state index contributed by atoms with van der Waals surface area (Å²) in [6, 6.07) is 0. The zero-order chi connectivity index (χ0) is 14.4. The third-order valence-electron chi connectivity index (χ3n) is 3.41. The maximum Gasteiger partial charge on any atom is 0.243 e. The molecule has 1 saturated heterocycles. The van der Waals surface area contributed by atoms with E-state index < -0.39 is 10.0 Å². The fourth-order valence-corrected chi connectivity index (χ4v) is 4.39. The van der Waals surface area contributed by atoms with Gasteiger partial charge in [-0.05, 0) is 43.2 Å². The van der Waals surface area contributed by atoms with Crippen molar-refractivity contribution in [2.45, 2.75) is 30.7 Å². The Balaban J connectivity index is 1.90. The molecule has 1 aliphatic rings. The molecule has 8 heteroatoms. The first kappa shape index (κ1) is 15.8. The van der Waals surface area contributed by atoms with Crippen molar-refractivity contribution in [1.82, 2.24) is 14.5 Å². The molecule has 0 spiro atoms.